The lowest BCUT2D eigenvalue weighted by Crippen LogP contribution is -2.44. The smallest absolute Gasteiger partial charge is 0.407 e. The van der Waals surface area contributed by atoms with E-state index in [1.54, 1.807) is 20.8 Å². The molecule has 0 saturated heterocycles. The maximum absolute atomic E-state index is 12.2. The van der Waals surface area contributed by atoms with Gasteiger partial charge in [0.2, 0.25) is 0 Å². The van der Waals surface area contributed by atoms with Gasteiger partial charge in [0.05, 0.1) is 19.1 Å². The van der Waals surface area contributed by atoms with Gasteiger partial charge in [-0.3, -0.25) is 9.63 Å². The Hall–Kier alpha value is -2.90. The first kappa shape index (κ1) is 23.4. The molecular formula is C23H30N2O5. The summed E-state index contributed by atoms with van der Waals surface area (Å²) in [5, 5.41) is 2.70. The number of carbonyl (C=O) groups excluding carboxylic acids is 2. The lowest BCUT2D eigenvalue weighted by Gasteiger charge is -2.23. The summed E-state index contributed by atoms with van der Waals surface area (Å²) in [5.74, 6) is -0.416. The molecule has 2 aromatic rings. The minimum absolute atomic E-state index is 0.0145. The Labute approximate surface area is 177 Å². The van der Waals surface area contributed by atoms with Crippen LogP contribution in [0.15, 0.2) is 60.7 Å². The Morgan fingerprint density at radius 2 is 1.47 bits per heavy atom. The van der Waals surface area contributed by atoms with Gasteiger partial charge in [-0.1, -0.05) is 60.7 Å². The van der Waals surface area contributed by atoms with Crippen molar-refractivity contribution in [2.24, 2.45) is 0 Å². The van der Waals surface area contributed by atoms with Gasteiger partial charge in [0.15, 0.2) is 0 Å². The molecule has 1 atom stereocenters. The lowest BCUT2D eigenvalue weighted by molar-refractivity contribution is -0.155. The quantitative estimate of drug-likeness (QED) is 0.350. The Morgan fingerprint density at radius 1 is 0.900 bits per heavy atom. The maximum atomic E-state index is 12.2. The zero-order valence-corrected chi connectivity index (χ0v) is 17.7. The van der Waals surface area contributed by atoms with E-state index in [-0.39, 0.29) is 19.6 Å². The van der Waals surface area contributed by atoms with Gasteiger partial charge in [-0.15, -0.1) is 0 Å². The highest BCUT2D eigenvalue weighted by Gasteiger charge is 2.22. The van der Waals surface area contributed by atoms with E-state index in [9.17, 15) is 9.59 Å². The van der Waals surface area contributed by atoms with Crippen molar-refractivity contribution in [1.82, 2.24) is 10.8 Å². The van der Waals surface area contributed by atoms with Gasteiger partial charge in [0, 0.05) is 6.54 Å². The number of hydroxylamine groups is 1. The number of hydrogen-bond donors (Lipinski definition) is 2. The van der Waals surface area contributed by atoms with Crippen LogP contribution in [0.4, 0.5) is 4.79 Å². The number of esters is 1. The van der Waals surface area contributed by atoms with E-state index >= 15 is 0 Å². The van der Waals surface area contributed by atoms with Crippen LogP contribution in [0.1, 0.15) is 38.3 Å². The normalized spacial score (nSPS) is 12.1. The number of amides is 1. The van der Waals surface area contributed by atoms with Crippen LogP contribution in [0.5, 0.6) is 0 Å². The number of rotatable bonds is 10. The first-order valence-electron chi connectivity index (χ1n) is 9.89. The summed E-state index contributed by atoms with van der Waals surface area (Å²) in [6.45, 7) is 6.10. The third kappa shape index (κ3) is 10.0. The van der Waals surface area contributed by atoms with Gasteiger partial charge in [0.25, 0.3) is 0 Å². The van der Waals surface area contributed by atoms with Gasteiger partial charge in [-0.05, 0) is 31.9 Å². The first-order chi connectivity index (χ1) is 14.3. The second kappa shape index (κ2) is 11.9. The Kier molecular flexibility index (Phi) is 9.31. The van der Waals surface area contributed by atoms with E-state index in [0.29, 0.717) is 6.61 Å². The van der Waals surface area contributed by atoms with Crippen LogP contribution in [-0.4, -0.2) is 30.3 Å². The summed E-state index contributed by atoms with van der Waals surface area (Å²) in [4.78, 5) is 29.8. The molecule has 30 heavy (non-hydrogen) atoms. The van der Waals surface area contributed by atoms with Crippen molar-refractivity contribution in [1.29, 1.82) is 0 Å². The predicted molar refractivity (Wildman–Crippen MR) is 113 cm³/mol. The van der Waals surface area contributed by atoms with Crippen LogP contribution in [0.3, 0.4) is 0 Å². The zero-order valence-electron chi connectivity index (χ0n) is 17.7. The van der Waals surface area contributed by atoms with Gasteiger partial charge in [-0.2, -0.15) is 0 Å². The average molecular weight is 415 g/mol. The van der Waals surface area contributed by atoms with Crippen molar-refractivity contribution < 1.29 is 23.9 Å². The standard InChI is InChI=1S/C23H30N2O5/c1-23(2,3)30-21(26)14-20(15-24-29-17-19-12-8-5-9-13-19)25-22(27)28-16-18-10-6-4-7-11-18/h4-13,20,24H,14-17H2,1-3H3,(H,25,27)/t20-/m0/s1. The van der Waals surface area contributed by atoms with Crippen LogP contribution in [0.2, 0.25) is 0 Å². The molecule has 7 heteroatoms. The van der Waals surface area contributed by atoms with Gasteiger partial charge < -0.3 is 14.8 Å². The summed E-state index contributed by atoms with van der Waals surface area (Å²) >= 11 is 0. The molecule has 2 rings (SSSR count). The molecule has 1 amide bonds. The highest BCUT2D eigenvalue weighted by molar-refractivity contribution is 5.73. The van der Waals surface area contributed by atoms with Gasteiger partial charge >= 0.3 is 12.1 Å². The second-order valence-electron chi connectivity index (χ2n) is 7.82. The summed E-state index contributed by atoms with van der Waals surface area (Å²) in [6.07, 6.45) is -0.628. The molecule has 2 aromatic carbocycles. The Bertz CT molecular complexity index is 775. The largest absolute Gasteiger partial charge is 0.460 e. The van der Waals surface area contributed by atoms with Crippen LogP contribution in [0.25, 0.3) is 0 Å². The summed E-state index contributed by atoms with van der Waals surface area (Å²) < 4.78 is 10.6. The van der Waals surface area contributed by atoms with Crippen LogP contribution >= 0.6 is 0 Å². The lowest BCUT2D eigenvalue weighted by atomic mass is 10.1. The van der Waals surface area contributed by atoms with E-state index in [2.05, 4.69) is 10.8 Å². The molecule has 2 N–H and O–H groups in total. The number of nitrogens with one attached hydrogen (secondary N) is 2. The Balaban J connectivity index is 1.83. The third-order valence-electron chi connectivity index (χ3n) is 3.88. The highest BCUT2D eigenvalue weighted by Crippen LogP contribution is 2.10. The Morgan fingerprint density at radius 3 is 2.03 bits per heavy atom. The molecule has 0 aromatic heterocycles. The molecule has 0 bridgehead atoms. The monoisotopic (exact) mass is 414 g/mol. The fraction of sp³-hybridized carbons (Fsp3) is 0.391. The third-order valence-corrected chi connectivity index (χ3v) is 3.88. The van der Waals surface area contributed by atoms with Crippen molar-refractivity contribution in [2.45, 2.75) is 52.0 Å². The summed E-state index contributed by atoms with van der Waals surface area (Å²) in [7, 11) is 0. The van der Waals surface area contributed by atoms with Crippen LogP contribution < -0.4 is 10.8 Å². The number of ether oxygens (including phenoxy) is 2. The predicted octanol–water partition coefficient (Wildman–Crippen LogP) is 3.73. The molecule has 0 heterocycles. The number of hydrogen-bond acceptors (Lipinski definition) is 6. The van der Waals surface area contributed by atoms with Crippen LogP contribution in [0, 0.1) is 0 Å². The molecule has 162 valence electrons. The molecule has 0 radical (unpaired) electrons. The van der Waals surface area contributed by atoms with Crippen molar-refractivity contribution >= 4 is 12.1 Å². The average Bonchev–Trinajstić information content (AvgIpc) is 2.69. The molecule has 7 nitrogen and oxygen atoms in total. The highest BCUT2D eigenvalue weighted by atomic mass is 16.6. The topological polar surface area (TPSA) is 85.9 Å². The molecule has 0 aliphatic heterocycles. The van der Waals surface area contributed by atoms with E-state index < -0.39 is 23.7 Å². The SMILES string of the molecule is CC(C)(C)OC(=O)C[C@@H](CNOCc1ccccc1)NC(=O)OCc1ccccc1. The molecule has 0 spiro atoms. The van der Waals surface area contributed by atoms with E-state index in [0.717, 1.165) is 11.1 Å². The van der Waals surface area contributed by atoms with Crippen molar-refractivity contribution in [3.8, 4) is 0 Å². The minimum Gasteiger partial charge on any atom is -0.460 e. The molecular weight excluding hydrogens is 384 g/mol. The maximum Gasteiger partial charge on any atom is 0.407 e. The fourth-order valence-electron chi connectivity index (χ4n) is 2.56. The molecule has 0 unspecified atom stereocenters. The molecule has 0 aliphatic carbocycles. The van der Waals surface area contributed by atoms with Gasteiger partial charge in [-0.25, -0.2) is 10.3 Å². The van der Waals surface area contributed by atoms with E-state index in [4.69, 9.17) is 14.3 Å². The molecule has 0 saturated carbocycles. The van der Waals surface area contributed by atoms with Crippen molar-refractivity contribution in [3.05, 3.63) is 71.8 Å². The van der Waals surface area contributed by atoms with E-state index in [1.807, 2.05) is 60.7 Å². The van der Waals surface area contributed by atoms with Crippen molar-refractivity contribution in [2.75, 3.05) is 6.54 Å². The number of alkyl carbamates (subject to hydrolysis) is 1. The number of carbonyl (C=O) groups is 2. The summed E-state index contributed by atoms with van der Waals surface area (Å²) in [6, 6.07) is 18.5. The van der Waals surface area contributed by atoms with Gasteiger partial charge in [0.1, 0.15) is 12.2 Å². The number of benzene rings is 2. The minimum atomic E-state index is -0.614. The molecule has 0 aliphatic rings. The van der Waals surface area contributed by atoms with Crippen LogP contribution in [-0.2, 0) is 32.3 Å². The fourth-order valence-corrected chi connectivity index (χ4v) is 2.56. The van der Waals surface area contributed by atoms with Crippen molar-refractivity contribution in [3.63, 3.8) is 0 Å². The zero-order chi connectivity index (χ0) is 21.8. The molecule has 0 fully saturated rings. The first-order valence-corrected chi connectivity index (χ1v) is 9.89. The summed E-state index contributed by atoms with van der Waals surface area (Å²) in [5.41, 5.74) is 4.08. The second-order valence-corrected chi connectivity index (χ2v) is 7.82. The van der Waals surface area contributed by atoms with E-state index in [1.165, 1.54) is 0 Å².